The minimum atomic E-state index is 0.143. The molecule has 29 heavy (non-hydrogen) atoms. The van der Waals surface area contributed by atoms with Gasteiger partial charge in [0.25, 0.3) is 5.91 Å². The van der Waals surface area contributed by atoms with E-state index in [1.54, 1.807) is 11.5 Å². The van der Waals surface area contributed by atoms with Gasteiger partial charge in [0.05, 0.1) is 21.7 Å². The number of anilines is 1. The van der Waals surface area contributed by atoms with Crippen molar-refractivity contribution in [3.8, 4) is 0 Å². The Morgan fingerprint density at radius 2 is 1.86 bits per heavy atom. The lowest BCUT2D eigenvalue weighted by atomic mass is 10.0. The molecule has 1 amide bonds. The van der Waals surface area contributed by atoms with E-state index in [0.717, 1.165) is 75.0 Å². The second-order valence-corrected chi connectivity index (χ2v) is 8.71. The normalized spacial score (nSPS) is 17.9. The highest BCUT2D eigenvalue weighted by atomic mass is 32.1. The van der Waals surface area contributed by atoms with E-state index in [-0.39, 0.29) is 5.91 Å². The van der Waals surface area contributed by atoms with Crippen LogP contribution in [0.4, 0.5) is 5.82 Å². The molecule has 0 aliphatic carbocycles. The van der Waals surface area contributed by atoms with E-state index >= 15 is 0 Å². The van der Waals surface area contributed by atoms with Crippen LogP contribution in [-0.4, -0.2) is 75.7 Å². The first-order valence-electron chi connectivity index (χ1n) is 10.3. The first kappa shape index (κ1) is 18.6. The van der Waals surface area contributed by atoms with Gasteiger partial charge < -0.3 is 9.80 Å². The van der Waals surface area contributed by atoms with Crippen LogP contribution in [0.3, 0.4) is 0 Å². The third kappa shape index (κ3) is 3.30. The molecule has 0 N–H and O–H groups in total. The summed E-state index contributed by atoms with van der Waals surface area (Å²) in [6.07, 6.45) is 0.892. The highest BCUT2D eigenvalue weighted by molar-refractivity contribution is 7.13. The molecule has 5 rings (SSSR count). The second kappa shape index (κ2) is 7.42. The molecule has 7 nitrogen and oxygen atoms in total. The van der Waals surface area contributed by atoms with Gasteiger partial charge >= 0.3 is 0 Å². The Morgan fingerprint density at radius 3 is 2.69 bits per heavy atom. The number of piperazine rings is 1. The number of carbonyl (C=O) groups is 1. The van der Waals surface area contributed by atoms with Crippen LogP contribution >= 0.6 is 11.5 Å². The van der Waals surface area contributed by atoms with Crippen molar-refractivity contribution in [3.63, 3.8) is 0 Å². The Labute approximate surface area is 174 Å². The zero-order chi connectivity index (χ0) is 20.0. The summed E-state index contributed by atoms with van der Waals surface area (Å²) in [6, 6.07) is 8.45. The number of aromatic nitrogens is 3. The Bertz CT molecular complexity index is 1050. The number of carbonyl (C=O) groups excluding carboxylic acids is 1. The maximum atomic E-state index is 12.9. The van der Waals surface area contributed by atoms with Crippen molar-refractivity contribution in [1.29, 1.82) is 0 Å². The fourth-order valence-electron chi connectivity index (χ4n) is 4.53. The van der Waals surface area contributed by atoms with Gasteiger partial charge in [-0.1, -0.05) is 12.1 Å². The van der Waals surface area contributed by atoms with Crippen molar-refractivity contribution in [2.45, 2.75) is 13.3 Å². The van der Waals surface area contributed by atoms with Gasteiger partial charge in [0.2, 0.25) is 0 Å². The number of hydrogen-bond acceptors (Lipinski definition) is 6. The number of aryl methyl sites for hydroxylation is 2. The largest absolute Gasteiger partial charge is 0.353 e. The monoisotopic (exact) mass is 410 g/mol. The smallest absolute Gasteiger partial charge is 0.257 e. The molecule has 0 atom stereocenters. The van der Waals surface area contributed by atoms with Crippen LogP contribution in [0.1, 0.15) is 21.7 Å². The van der Waals surface area contributed by atoms with Gasteiger partial charge in [0, 0.05) is 64.7 Å². The Hall–Kier alpha value is -2.45. The van der Waals surface area contributed by atoms with E-state index in [2.05, 4.69) is 39.2 Å². The van der Waals surface area contributed by atoms with Crippen LogP contribution in [0.15, 0.2) is 24.3 Å². The summed E-state index contributed by atoms with van der Waals surface area (Å²) in [7, 11) is 1.93. The van der Waals surface area contributed by atoms with Gasteiger partial charge in [-0.05, 0) is 30.6 Å². The molecule has 4 heterocycles. The van der Waals surface area contributed by atoms with Crippen LogP contribution in [0, 0.1) is 6.92 Å². The lowest BCUT2D eigenvalue weighted by molar-refractivity contribution is 0.0714. The van der Waals surface area contributed by atoms with Crippen molar-refractivity contribution < 1.29 is 4.79 Å². The average Bonchev–Trinajstić information content (AvgIpc) is 3.29. The number of rotatable bonds is 4. The second-order valence-electron chi connectivity index (χ2n) is 7.90. The molecule has 8 heteroatoms. The molecule has 2 aliphatic rings. The summed E-state index contributed by atoms with van der Waals surface area (Å²) in [6.45, 7) is 8.40. The molecule has 0 spiro atoms. The van der Waals surface area contributed by atoms with Crippen LogP contribution in [-0.2, 0) is 13.5 Å². The van der Waals surface area contributed by atoms with E-state index in [1.807, 2.05) is 23.6 Å². The lowest BCUT2D eigenvalue weighted by Crippen LogP contribution is -2.50. The SMILES string of the molecule is Cc1nn(C)c2c1C(=O)N(CCN1CCN(c3nsc4ccccc34)CC1)CC2. The summed E-state index contributed by atoms with van der Waals surface area (Å²) < 4.78 is 7.80. The van der Waals surface area contributed by atoms with Crippen molar-refractivity contribution >= 4 is 33.3 Å². The minimum Gasteiger partial charge on any atom is -0.353 e. The topological polar surface area (TPSA) is 57.5 Å². The van der Waals surface area contributed by atoms with Gasteiger partial charge in [-0.3, -0.25) is 14.4 Å². The van der Waals surface area contributed by atoms with Gasteiger partial charge in [-0.25, -0.2) is 0 Å². The molecule has 0 saturated carbocycles. The quantitative estimate of drug-likeness (QED) is 0.660. The number of amides is 1. The van der Waals surface area contributed by atoms with Crippen molar-refractivity contribution in [2.75, 3.05) is 50.7 Å². The average molecular weight is 411 g/mol. The molecule has 152 valence electrons. The van der Waals surface area contributed by atoms with Crippen LogP contribution < -0.4 is 4.90 Å². The fraction of sp³-hybridized carbons (Fsp3) is 0.476. The van der Waals surface area contributed by atoms with E-state index in [9.17, 15) is 4.79 Å². The lowest BCUT2D eigenvalue weighted by Gasteiger charge is -2.36. The Kier molecular flexibility index (Phi) is 4.75. The molecule has 2 aromatic heterocycles. The summed E-state index contributed by atoms with van der Waals surface area (Å²) in [5.41, 5.74) is 2.74. The number of benzene rings is 1. The number of fused-ring (bicyclic) bond motifs is 2. The summed E-state index contributed by atoms with van der Waals surface area (Å²) in [4.78, 5) is 19.7. The van der Waals surface area contributed by atoms with Gasteiger partial charge in [0.15, 0.2) is 0 Å². The first-order valence-corrected chi connectivity index (χ1v) is 11.0. The summed E-state index contributed by atoms with van der Waals surface area (Å²) >= 11 is 1.58. The number of nitrogens with zero attached hydrogens (tertiary/aromatic N) is 6. The van der Waals surface area contributed by atoms with E-state index in [0.29, 0.717) is 0 Å². The highest BCUT2D eigenvalue weighted by Crippen LogP contribution is 2.29. The first-order chi connectivity index (χ1) is 14.1. The summed E-state index contributed by atoms with van der Waals surface area (Å²) in [5.74, 6) is 1.26. The summed E-state index contributed by atoms with van der Waals surface area (Å²) in [5, 5.41) is 5.69. The van der Waals surface area contributed by atoms with Crippen LogP contribution in [0.25, 0.3) is 10.1 Å². The number of hydrogen-bond donors (Lipinski definition) is 0. The van der Waals surface area contributed by atoms with E-state index in [1.165, 1.54) is 10.1 Å². The van der Waals surface area contributed by atoms with E-state index < -0.39 is 0 Å². The molecular formula is C21H26N6OS. The third-order valence-corrected chi connectivity index (χ3v) is 6.99. The molecule has 0 bridgehead atoms. The molecule has 0 radical (unpaired) electrons. The zero-order valence-electron chi connectivity index (χ0n) is 17.0. The zero-order valence-corrected chi connectivity index (χ0v) is 17.8. The molecule has 0 unspecified atom stereocenters. The highest BCUT2D eigenvalue weighted by Gasteiger charge is 2.30. The van der Waals surface area contributed by atoms with Crippen LogP contribution in [0.5, 0.6) is 0 Å². The molecule has 2 aliphatic heterocycles. The van der Waals surface area contributed by atoms with Gasteiger partial charge in [0.1, 0.15) is 5.82 Å². The molecular weight excluding hydrogens is 384 g/mol. The van der Waals surface area contributed by atoms with Gasteiger partial charge in [-0.15, -0.1) is 0 Å². The van der Waals surface area contributed by atoms with Crippen molar-refractivity contribution in [3.05, 3.63) is 41.2 Å². The molecule has 1 aromatic carbocycles. The van der Waals surface area contributed by atoms with Crippen LogP contribution in [0.2, 0.25) is 0 Å². The molecule has 1 saturated heterocycles. The third-order valence-electron chi connectivity index (χ3n) is 6.18. The standard InChI is InChI=1S/C21H26N6OS/c1-15-19-17(24(2)22-15)7-8-27(21(19)28)14-11-25-9-12-26(13-10-25)20-16-5-3-4-6-18(16)29-23-20/h3-6H,7-14H2,1-2H3. The Balaban J connectivity index is 1.18. The minimum absolute atomic E-state index is 0.143. The predicted octanol–water partition coefficient (Wildman–Crippen LogP) is 2.16. The predicted molar refractivity (Wildman–Crippen MR) is 116 cm³/mol. The Morgan fingerprint density at radius 1 is 1.07 bits per heavy atom. The fourth-order valence-corrected chi connectivity index (χ4v) is 5.33. The van der Waals surface area contributed by atoms with Gasteiger partial charge in [-0.2, -0.15) is 9.47 Å². The van der Waals surface area contributed by atoms with Crippen molar-refractivity contribution in [1.82, 2.24) is 24.0 Å². The maximum Gasteiger partial charge on any atom is 0.257 e. The van der Waals surface area contributed by atoms with E-state index in [4.69, 9.17) is 4.37 Å². The molecule has 1 fully saturated rings. The maximum absolute atomic E-state index is 12.9. The molecule has 3 aromatic rings. The van der Waals surface area contributed by atoms with Crippen molar-refractivity contribution in [2.24, 2.45) is 7.05 Å².